The summed E-state index contributed by atoms with van der Waals surface area (Å²) in [4.78, 5) is 0.197. The minimum Gasteiger partial charge on any atom is -0.279 e. The second-order valence-corrected chi connectivity index (χ2v) is 10.5. The van der Waals surface area contributed by atoms with E-state index in [0.29, 0.717) is 22.4 Å². The Balaban J connectivity index is 1.88. The van der Waals surface area contributed by atoms with Crippen molar-refractivity contribution in [1.82, 2.24) is 0 Å². The first kappa shape index (κ1) is 19.8. The molecule has 0 radical (unpaired) electrons. The number of aryl methyl sites for hydroxylation is 2. The van der Waals surface area contributed by atoms with E-state index in [9.17, 15) is 16.8 Å². The molecule has 29 heavy (non-hydrogen) atoms. The van der Waals surface area contributed by atoms with E-state index in [-0.39, 0.29) is 20.5 Å². The van der Waals surface area contributed by atoms with Gasteiger partial charge in [-0.25, -0.2) is 16.8 Å². The highest BCUT2D eigenvalue weighted by Gasteiger charge is 2.31. The molecule has 0 amide bonds. The maximum atomic E-state index is 12.8. The summed E-state index contributed by atoms with van der Waals surface area (Å²) in [6, 6.07) is 14.4. The van der Waals surface area contributed by atoms with Crippen molar-refractivity contribution < 1.29 is 16.8 Å². The van der Waals surface area contributed by atoms with Crippen LogP contribution >= 0.6 is 11.6 Å². The molecule has 6 nitrogen and oxygen atoms in total. The van der Waals surface area contributed by atoms with Crippen LogP contribution < -0.4 is 9.44 Å². The number of benzene rings is 3. The van der Waals surface area contributed by atoms with Crippen LogP contribution in [0.3, 0.4) is 0 Å². The standard InChI is InChI=1S/C20H17ClN2O4S2/c1-12-7-9-14(10-8-12)28(24,25)22-16-11-13(2)20-18(19(16)21)15-5-3-4-6-17(15)29(26,27)23-20/h3-11,22-23H,1-2H3. The lowest BCUT2D eigenvalue weighted by Gasteiger charge is -2.25. The summed E-state index contributed by atoms with van der Waals surface area (Å²) in [6.07, 6.45) is 0. The molecule has 2 N–H and O–H groups in total. The summed E-state index contributed by atoms with van der Waals surface area (Å²) in [6.45, 7) is 3.56. The maximum absolute atomic E-state index is 12.8. The second kappa shape index (κ2) is 6.76. The number of halogens is 1. The SMILES string of the molecule is Cc1ccc(S(=O)(=O)Nc2cc(C)c3c(c2Cl)-c2ccccc2S(=O)(=O)N3)cc1. The van der Waals surface area contributed by atoms with Gasteiger partial charge in [0.2, 0.25) is 0 Å². The molecule has 0 bridgehead atoms. The third-order valence-electron chi connectivity index (χ3n) is 4.72. The van der Waals surface area contributed by atoms with E-state index >= 15 is 0 Å². The average Bonchev–Trinajstić information content (AvgIpc) is 2.66. The fourth-order valence-corrected chi connectivity index (χ4v) is 6.05. The van der Waals surface area contributed by atoms with Gasteiger partial charge in [0.25, 0.3) is 20.0 Å². The van der Waals surface area contributed by atoms with Crippen LogP contribution in [0.4, 0.5) is 11.4 Å². The van der Waals surface area contributed by atoms with E-state index in [1.807, 2.05) is 6.92 Å². The van der Waals surface area contributed by atoms with Gasteiger partial charge in [0.15, 0.2) is 0 Å². The molecule has 0 aliphatic carbocycles. The van der Waals surface area contributed by atoms with Gasteiger partial charge in [-0.2, -0.15) is 0 Å². The van der Waals surface area contributed by atoms with Crippen LogP contribution in [0.1, 0.15) is 11.1 Å². The molecule has 0 saturated carbocycles. The largest absolute Gasteiger partial charge is 0.279 e. The van der Waals surface area contributed by atoms with E-state index in [0.717, 1.165) is 5.56 Å². The molecule has 0 fully saturated rings. The molecule has 0 atom stereocenters. The van der Waals surface area contributed by atoms with E-state index in [1.165, 1.54) is 24.3 Å². The Morgan fingerprint density at radius 3 is 2.34 bits per heavy atom. The number of hydrogen-bond acceptors (Lipinski definition) is 4. The Kier molecular flexibility index (Phi) is 4.60. The average molecular weight is 449 g/mol. The zero-order valence-electron chi connectivity index (χ0n) is 15.5. The molecule has 0 spiro atoms. The predicted octanol–water partition coefficient (Wildman–Crippen LogP) is 4.54. The van der Waals surface area contributed by atoms with Gasteiger partial charge in [-0.15, -0.1) is 0 Å². The molecule has 3 aromatic rings. The highest BCUT2D eigenvalue weighted by molar-refractivity contribution is 7.93. The van der Waals surface area contributed by atoms with Gasteiger partial charge in [0, 0.05) is 11.1 Å². The Hall–Kier alpha value is -2.55. The number of nitrogens with one attached hydrogen (secondary N) is 2. The van der Waals surface area contributed by atoms with Gasteiger partial charge >= 0.3 is 0 Å². The lowest BCUT2D eigenvalue weighted by molar-refractivity contribution is 0.599. The van der Waals surface area contributed by atoms with Crippen LogP contribution in [0.5, 0.6) is 0 Å². The minimum atomic E-state index is -3.87. The summed E-state index contributed by atoms with van der Waals surface area (Å²) in [5.41, 5.74) is 2.87. The number of fused-ring (bicyclic) bond motifs is 3. The number of hydrogen-bond donors (Lipinski definition) is 2. The number of rotatable bonds is 3. The topological polar surface area (TPSA) is 92.3 Å². The van der Waals surface area contributed by atoms with Crippen molar-refractivity contribution in [3.63, 3.8) is 0 Å². The molecule has 1 aliphatic rings. The maximum Gasteiger partial charge on any atom is 0.262 e. The summed E-state index contributed by atoms with van der Waals surface area (Å²) in [5.74, 6) is 0. The minimum absolute atomic E-state index is 0.0901. The Labute approximate surface area is 174 Å². The van der Waals surface area contributed by atoms with Gasteiger partial charge in [-0.05, 0) is 43.7 Å². The van der Waals surface area contributed by atoms with Crippen LogP contribution in [0.15, 0.2) is 64.4 Å². The van der Waals surface area contributed by atoms with Crippen LogP contribution in [0.2, 0.25) is 5.02 Å². The van der Waals surface area contributed by atoms with Crippen molar-refractivity contribution in [1.29, 1.82) is 0 Å². The molecular weight excluding hydrogens is 432 g/mol. The quantitative estimate of drug-likeness (QED) is 0.615. The van der Waals surface area contributed by atoms with Crippen LogP contribution in [-0.4, -0.2) is 16.8 Å². The van der Waals surface area contributed by atoms with Crippen molar-refractivity contribution in [2.45, 2.75) is 23.6 Å². The van der Waals surface area contributed by atoms with Crippen LogP contribution in [0.25, 0.3) is 11.1 Å². The first-order valence-corrected chi connectivity index (χ1v) is 12.0. The molecular formula is C20H17ClN2O4S2. The summed E-state index contributed by atoms with van der Waals surface area (Å²) >= 11 is 6.58. The monoisotopic (exact) mass is 448 g/mol. The summed E-state index contributed by atoms with van der Waals surface area (Å²) < 4.78 is 55.8. The lowest BCUT2D eigenvalue weighted by atomic mass is 9.99. The van der Waals surface area contributed by atoms with Gasteiger partial charge in [-0.3, -0.25) is 9.44 Å². The van der Waals surface area contributed by atoms with E-state index in [1.54, 1.807) is 37.3 Å². The molecule has 0 saturated heterocycles. The zero-order valence-corrected chi connectivity index (χ0v) is 17.9. The van der Waals surface area contributed by atoms with Crippen molar-refractivity contribution in [2.24, 2.45) is 0 Å². The molecule has 1 heterocycles. The Bertz CT molecular complexity index is 1350. The lowest BCUT2D eigenvalue weighted by Crippen LogP contribution is -2.21. The van der Waals surface area contributed by atoms with Crippen molar-refractivity contribution >= 4 is 43.0 Å². The molecule has 0 unspecified atom stereocenters. The van der Waals surface area contributed by atoms with Gasteiger partial charge < -0.3 is 0 Å². The summed E-state index contributed by atoms with van der Waals surface area (Å²) in [5, 5.41) is 0.121. The molecule has 4 rings (SSSR count). The first-order valence-electron chi connectivity index (χ1n) is 8.65. The Morgan fingerprint density at radius 1 is 1.00 bits per heavy atom. The van der Waals surface area contributed by atoms with E-state index in [4.69, 9.17) is 11.6 Å². The van der Waals surface area contributed by atoms with Crippen molar-refractivity contribution in [3.8, 4) is 11.1 Å². The molecule has 150 valence electrons. The molecule has 0 aromatic heterocycles. The van der Waals surface area contributed by atoms with Gasteiger partial charge in [0.05, 0.1) is 26.2 Å². The predicted molar refractivity (Wildman–Crippen MR) is 114 cm³/mol. The number of anilines is 2. The molecule has 1 aliphatic heterocycles. The fraction of sp³-hybridized carbons (Fsp3) is 0.100. The highest BCUT2D eigenvalue weighted by Crippen LogP contribution is 2.48. The third-order valence-corrected chi connectivity index (χ3v) is 7.90. The molecule has 9 heteroatoms. The zero-order chi connectivity index (χ0) is 21.0. The molecule has 3 aromatic carbocycles. The van der Waals surface area contributed by atoms with Crippen LogP contribution in [0, 0.1) is 13.8 Å². The summed E-state index contributed by atoms with van der Waals surface area (Å²) in [7, 11) is -7.61. The van der Waals surface area contributed by atoms with Gasteiger partial charge in [-0.1, -0.05) is 47.5 Å². The fourth-order valence-electron chi connectivity index (χ4n) is 3.27. The highest BCUT2D eigenvalue weighted by atomic mass is 35.5. The second-order valence-electron chi connectivity index (χ2n) is 6.83. The first-order chi connectivity index (χ1) is 13.6. The van der Waals surface area contributed by atoms with Crippen molar-refractivity contribution in [3.05, 3.63) is 70.7 Å². The smallest absolute Gasteiger partial charge is 0.262 e. The van der Waals surface area contributed by atoms with Crippen molar-refractivity contribution in [2.75, 3.05) is 9.44 Å². The van der Waals surface area contributed by atoms with E-state index in [2.05, 4.69) is 9.44 Å². The van der Waals surface area contributed by atoms with E-state index < -0.39 is 20.0 Å². The number of sulfonamides is 2. The normalized spacial score (nSPS) is 14.4. The Morgan fingerprint density at radius 2 is 1.66 bits per heavy atom. The third kappa shape index (κ3) is 3.37. The van der Waals surface area contributed by atoms with Crippen LogP contribution in [-0.2, 0) is 20.0 Å². The van der Waals surface area contributed by atoms with Gasteiger partial charge in [0.1, 0.15) is 0 Å².